The summed E-state index contributed by atoms with van der Waals surface area (Å²) in [6, 6.07) is 5.82. The Labute approximate surface area is 96.5 Å². The molecule has 4 nitrogen and oxygen atoms in total. The van der Waals surface area contributed by atoms with Crippen molar-refractivity contribution in [1.82, 2.24) is 15.6 Å². The fraction of sp³-hybridized carbons (Fsp3) is 0.500. The van der Waals surface area contributed by atoms with Crippen LogP contribution in [0.25, 0.3) is 0 Å². The Hall–Kier alpha value is -1.42. The van der Waals surface area contributed by atoms with Crippen molar-refractivity contribution in [3.63, 3.8) is 0 Å². The highest BCUT2D eigenvalue weighted by molar-refractivity contribution is 5.78. The zero-order valence-corrected chi connectivity index (χ0v) is 10.1. The summed E-state index contributed by atoms with van der Waals surface area (Å²) in [5.41, 5.74) is 0.838. The van der Waals surface area contributed by atoms with E-state index >= 15 is 0 Å². The fourth-order valence-electron chi connectivity index (χ4n) is 1.40. The number of rotatable bonds is 5. The van der Waals surface area contributed by atoms with Crippen LogP contribution in [0.3, 0.4) is 0 Å². The van der Waals surface area contributed by atoms with Gasteiger partial charge in [0.05, 0.1) is 6.54 Å². The Kier molecular flexibility index (Phi) is 4.43. The minimum absolute atomic E-state index is 0.00602. The van der Waals surface area contributed by atoms with Gasteiger partial charge in [-0.15, -0.1) is 0 Å². The normalized spacial score (nSPS) is 11.2. The van der Waals surface area contributed by atoms with Crippen molar-refractivity contribution in [1.29, 1.82) is 0 Å². The number of amides is 1. The molecule has 2 N–H and O–H groups in total. The summed E-state index contributed by atoms with van der Waals surface area (Å²) < 4.78 is 0. The van der Waals surface area contributed by atoms with Crippen LogP contribution in [0.5, 0.6) is 0 Å². The van der Waals surface area contributed by atoms with Gasteiger partial charge in [-0.3, -0.25) is 9.78 Å². The van der Waals surface area contributed by atoms with Gasteiger partial charge in [0.2, 0.25) is 5.91 Å². The second kappa shape index (κ2) is 5.61. The number of hydrogen-bond acceptors (Lipinski definition) is 3. The Morgan fingerprint density at radius 2 is 2.19 bits per heavy atom. The minimum Gasteiger partial charge on any atom is -0.354 e. The minimum atomic E-state index is -0.148. The standard InChI is InChI=1S/C12H19N3O/c1-12(2,9-15-11(16)8-13-3)10-6-4-5-7-14-10/h4-7,13H,8-9H2,1-3H3,(H,15,16). The molecular formula is C12H19N3O. The maximum absolute atomic E-state index is 11.3. The van der Waals surface area contributed by atoms with Gasteiger partial charge in [-0.1, -0.05) is 19.9 Å². The maximum atomic E-state index is 11.3. The molecule has 0 bridgehead atoms. The van der Waals surface area contributed by atoms with Crippen molar-refractivity contribution in [3.05, 3.63) is 30.1 Å². The van der Waals surface area contributed by atoms with Crippen LogP contribution in [0.1, 0.15) is 19.5 Å². The third kappa shape index (κ3) is 3.62. The molecule has 16 heavy (non-hydrogen) atoms. The third-order valence-electron chi connectivity index (χ3n) is 2.42. The molecule has 0 saturated heterocycles. The van der Waals surface area contributed by atoms with E-state index in [2.05, 4.69) is 29.5 Å². The van der Waals surface area contributed by atoms with E-state index in [1.807, 2.05) is 18.2 Å². The molecule has 0 radical (unpaired) electrons. The molecule has 0 aliphatic rings. The summed E-state index contributed by atoms with van der Waals surface area (Å²) in [4.78, 5) is 15.6. The van der Waals surface area contributed by atoms with Gasteiger partial charge in [-0.2, -0.15) is 0 Å². The molecule has 0 saturated carbocycles. The van der Waals surface area contributed by atoms with Crippen LogP contribution in [-0.4, -0.2) is 31.0 Å². The Morgan fingerprint density at radius 3 is 2.75 bits per heavy atom. The Morgan fingerprint density at radius 1 is 1.44 bits per heavy atom. The van der Waals surface area contributed by atoms with E-state index < -0.39 is 0 Å². The van der Waals surface area contributed by atoms with Crippen LogP contribution in [0, 0.1) is 0 Å². The van der Waals surface area contributed by atoms with Crippen LogP contribution in [0.15, 0.2) is 24.4 Å². The fourth-order valence-corrected chi connectivity index (χ4v) is 1.40. The van der Waals surface area contributed by atoms with E-state index in [0.717, 1.165) is 5.69 Å². The highest BCUT2D eigenvalue weighted by Gasteiger charge is 2.22. The predicted molar refractivity (Wildman–Crippen MR) is 64.2 cm³/mol. The first kappa shape index (κ1) is 12.6. The molecule has 0 aliphatic carbocycles. The summed E-state index contributed by atoms with van der Waals surface area (Å²) in [6.07, 6.45) is 1.77. The van der Waals surface area contributed by atoms with Crippen molar-refractivity contribution in [2.75, 3.05) is 20.1 Å². The predicted octanol–water partition coefficient (Wildman–Crippen LogP) is 0.695. The zero-order chi connectivity index (χ0) is 12.0. The van der Waals surface area contributed by atoms with E-state index in [-0.39, 0.29) is 11.3 Å². The van der Waals surface area contributed by atoms with Gasteiger partial charge in [0.1, 0.15) is 0 Å². The molecule has 0 unspecified atom stereocenters. The molecule has 4 heteroatoms. The number of aromatic nitrogens is 1. The van der Waals surface area contributed by atoms with E-state index in [9.17, 15) is 4.79 Å². The van der Waals surface area contributed by atoms with E-state index in [0.29, 0.717) is 13.1 Å². The number of pyridine rings is 1. The van der Waals surface area contributed by atoms with Crippen molar-refractivity contribution in [2.24, 2.45) is 0 Å². The second-order valence-electron chi connectivity index (χ2n) is 4.41. The van der Waals surface area contributed by atoms with Crippen molar-refractivity contribution in [3.8, 4) is 0 Å². The summed E-state index contributed by atoms with van der Waals surface area (Å²) in [5, 5.41) is 5.70. The van der Waals surface area contributed by atoms with Gasteiger partial charge in [-0.05, 0) is 19.2 Å². The molecule has 1 aromatic rings. The van der Waals surface area contributed by atoms with Crippen LogP contribution >= 0.6 is 0 Å². The Balaban J connectivity index is 2.55. The molecule has 0 aromatic carbocycles. The van der Waals surface area contributed by atoms with E-state index in [1.54, 1.807) is 13.2 Å². The molecule has 0 aliphatic heterocycles. The number of carbonyl (C=O) groups excluding carboxylic acids is 1. The molecule has 88 valence electrons. The largest absolute Gasteiger partial charge is 0.354 e. The molecule has 1 rings (SSSR count). The molecule has 0 atom stereocenters. The first-order valence-electron chi connectivity index (χ1n) is 5.39. The molecule has 1 heterocycles. The second-order valence-corrected chi connectivity index (χ2v) is 4.41. The summed E-state index contributed by atoms with van der Waals surface area (Å²) in [7, 11) is 1.75. The van der Waals surface area contributed by atoms with Crippen LogP contribution < -0.4 is 10.6 Å². The number of nitrogens with zero attached hydrogens (tertiary/aromatic N) is 1. The third-order valence-corrected chi connectivity index (χ3v) is 2.42. The van der Waals surface area contributed by atoms with Gasteiger partial charge in [0.15, 0.2) is 0 Å². The summed E-state index contributed by atoms with van der Waals surface area (Å²) in [6.45, 7) is 5.06. The zero-order valence-electron chi connectivity index (χ0n) is 10.1. The smallest absolute Gasteiger partial charge is 0.233 e. The summed E-state index contributed by atoms with van der Waals surface area (Å²) >= 11 is 0. The molecular weight excluding hydrogens is 202 g/mol. The van der Waals surface area contributed by atoms with Crippen LogP contribution in [-0.2, 0) is 10.2 Å². The van der Waals surface area contributed by atoms with Gasteiger partial charge in [0.25, 0.3) is 0 Å². The monoisotopic (exact) mass is 221 g/mol. The molecule has 0 spiro atoms. The average molecular weight is 221 g/mol. The van der Waals surface area contributed by atoms with Crippen LogP contribution in [0.4, 0.5) is 0 Å². The molecule has 1 amide bonds. The van der Waals surface area contributed by atoms with E-state index in [4.69, 9.17) is 0 Å². The lowest BCUT2D eigenvalue weighted by Gasteiger charge is -2.24. The van der Waals surface area contributed by atoms with Crippen molar-refractivity contribution >= 4 is 5.91 Å². The lowest BCUT2D eigenvalue weighted by atomic mass is 9.89. The number of carbonyl (C=O) groups is 1. The number of likely N-dealkylation sites (N-methyl/N-ethyl adjacent to an activating group) is 1. The lowest BCUT2D eigenvalue weighted by Crippen LogP contribution is -2.40. The number of nitrogens with one attached hydrogen (secondary N) is 2. The topological polar surface area (TPSA) is 54.0 Å². The molecule has 1 aromatic heterocycles. The van der Waals surface area contributed by atoms with Gasteiger partial charge < -0.3 is 10.6 Å². The van der Waals surface area contributed by atoms with Gasteiger partial charge in [0, 0.05) is 23.9 Å². The quantitative estimate of drug-likeness (QED) is 0.769. The highest BCUT2D eigenvalue weighted by Crippen LogP contribution is 2.19. The average Bonchev–Trinajstić information content (AvgIpc) is 2.28. The first-order chi connectivity index (χ1) is 7.56. The van der Waals surface area contributed by atoms with E-state index in [1.165, 1.54) is 0 Å². The van der Waals surface area contributed by atoms with Gasteiger partial charge in [-0.25, -0.2) is 0 Å². The van der Waals surface area contributed by atoms with Crippen molar-refractivity contribution < 1.29 is 4.79 Å². The first-order valence-corrected chi connectivity index (χ1v) is 5.39. The molecule has 0 fully saturated rings. The Bertz CT molecular complexity index is 335. The SMILES string of the molecule is CNCC(=O)NCC(C)(C)c1ccccn1. The van der Waals surface area contributed by atoms with Gasteiger partial charge >= 0.3 is 0 Å². The number of hydrogen-bond donors (Lipinski definition) is 2. The maximum Gasteiger partial charge on any atom is 0.233 e. The highest BCUT2D eigenvalue weighted by atomic mass is 16.1. The van der Waals surface area contributed by atoms with Crippen molar-refractivity contribution in [2.45, 2.75) is 19.3 Å². The lowest BCUT2D eigenvalue weighted by molar-refractivity contribution is -0.120. The van der Waals surface area contributed by atoms with Crippen LogP contribution in [0.2, 0.25) is 0 Å². The summed E-state index contributed by atoms with van der Waals surface area (Å²) in [5.74, 6) is 0.00602.